The van der Waals surface area contributed by atoms with Gasteiger partial charge in [0.1, 0.15) is 6.61 Å². The van der Waals surface area contributed by atoms with Crippen molar-refractivity contribution in [2.75, 3.05) is 27.3 Å². The van der Waals surface area contributed by atoms with Crippen molar-refractivity contribution in [3.8, 4) is 11.5 Å². The minimum atomic E-state index is -0.0266. The normalized spacial score (nSPS) is 21.1. The quantitative estimate of drug-likeness (QED) is 0.866. The number of benzene rings is 1. The summed E-state index contributed by atoms with van der Waals surface area (Å²) in [5, 5.41) is 0. The monoisotopic (exact) mass is 292 g/mol. The van der Waals surface area contributed by atoms with Crippen LogP contribution < -0.4 is 15.2 Å². The predicted molar refractivity (Wildman–Crippen MR) is 81.4 cm³/mol. The van der Waals surface area contributed by atoms with Crippen LogP contribution in [0.25, 0.3) is 0 Å². The highest BCUT2D eigenvalue weighted by Crippen LogP contribution is 2.27. The highest BCUT2D eigenvalue weighted by atomic mass is 16.5. The number of methoxy groups -OCH3 is 1. The van der Waals surface area contributed by atoms with Crippen molar-refractivity contribution in [1.29, 1.82) is 0 Å². The van der Waals surface area contributed by atoms with Crippen molar-refractivity contribution >= 4 is 5.91 Å². The van der Waals surface area contributed by atoms with Gasteiger partial charge in [-0.2, -0.15) is 0 Å². The summed E-state index contributed by atoms with van der Waals surface area (Å²) < 4.78 is 10.9. The smallest absolute Gasteiger partial charge is 0.227 e. The first-order valence-electron chi connectivity index (χ1n) is 7.40. The van der Waals surface area contributed by atoms with Crippen molar-refractivity contribution in [3.63, 3.8) is 0 Å². The lowest BCUT2D eigenvalue weighted by atomic mass is 10.0. The Morgan fingerprint density at radius 2 is 2.05 bits per heavy atom. The molecule has 2 rings (SSSR count). The fourth-order valence-electron chi connectivity index (χ4n) is 2.72. The van der Waals surface area contributed by atoms with Crippen molar-refractivity contribution in [3.05, 3.63) is 24.3 Å². The summed E-state index contributed by atoms with van der Waals surface area (Å²) in [5.74, 6) is 1.49. The van der Waals surface area contributed by atoms with Crippen molar-refractivity contribution < 1.29 is 14.3 Å². The molecule has 5 nitrogen and oxygen atoms in total. The van der Waals surface area contributed by atoms with Gasteiger partial charge in [0.25, 0.3) is 0 Å². The number of carbonyl (C=O) groups excluding carboxylic acids is 1. The van der Waals surface area contributed by atoms with Gasteiger partial charge in [-0.1, -0.05) is 18.6 Å². The number of likely N-dealkylation sites (N-methyl/N-ethyl adjacent to an activating group) is 1. The van der Waals surface area contributed by atoms with E-state index in [1.807, 2.05) is 24.3 Å². The van der Waals surface area contributed by atoms with E-state index < -0.39 is 0 Å². The molecular formula is C16H24N2O3. The topological polar surface area (TPSA) is 64.8 Å². The summed E-state index contributed by atoms with van der Waals surface area (Å²) in [6.07, 6.45) is 2.89. The predicted octanol–water partition coefficient (Wildman–Crippen LogP) is 1.66. The molecule has 1 aromatic carbocycles. The lowest BCUT2D eigenvalue weighted by Crippen LogP contribution is -2.41. The SMILES string of the molecule is COc1ccccc1OCCN(C)C(=O)[C@H]1CCC[C@H]1N. The third kappa shape index (κ3) is 3.88. The van der Waals surface area contributed by atoms with Gasteiger partial charge in [0.05, 0.1) is 19.6 Å². The molecule has 1 aromatic rings. The van der Waals surface area contributed by atoms with Gasteiger partial charge in [-0.3, -0.25) is 4.79 Å². The molecule has 1 aliphatic carbocycles. The van der Waals surface area contributed by atoms with Gasteiger partial charge in [-0.15, -0.1) is 0 Å². The van der Waals surface area contributed by atoms with E-state index in [1.165, 1.54) is 0 Å². The Kier molecular flexibility index (Phi) is 5.44. The Hall–Kier alpha value is -1.75. The molecule has 0 radical (unpaired) electrons. The highest BCUT2D eigenvalue weighted by molar-refractivity contribution is 5.79. The molecule has 0 saturated heterocycles. The van der Waals surface area contributed by atoms with Crippen LogP contribution in [-0.4, -0.2) is 44.2 Å². The number of nitrogens with two attached hydrogens (primary N) is 1. The van der Waals surface area contributed by atoms with E-state index in [9.17, 15) is 4.79 Å². The van der Waals surface area contributed by atoms with Crippen LogP contribution in [0.2, 0.25) is 0 Å². The highest BCUT2D eigenvalue weighted by Gasteiger charge is 2.31. The Balaban J connectivity index is 1.81. The molecule has 1 aliphatic rings. The van der Waals surface area contributed by atoms with E-state index in [0.29, 0.717) is 24.7 Å². The second-order valence-electron chi connectivity index (χ2n) is 5.46. The average Bonchev–Trinajstić information content (AvgIpc) is 2.93. The molecule has 2 N–H and O–H groups in total. The Morgan fingerprint density at radius 1 is 1.33 bits per heavy atom. The third-order valence-corrected chi connectivity index (χ3v) is 4.02. The number of rotatable bonds is 6. The van der Waals surface area contributed by atoms with Crippen LogP contribution in [0.3, 0.4) is 0 Å². The molecule has 0 aliphatic heterocycles. The maximum absolute atomic E-state index is 12.3. The summed E-state index contributed by atoms with van der Waals surface area (Å²) in [7, 11) is 3.41. The van der Waals surface area contributed by atoms with E-state index in [0.717, 1.165) is 19.3 Å². The zero-order chi connectivity index (χ0) is 15.2. The molecule has 116 valence electrons. The van der Waals surface area contributed by atoms with Gasteiger partial charge in [-0.05, 0) is 25.0 Å². The minimum absolute atomic E-state index is 0.00934. The zero-order valence-electron chi connectivity index (χ0n) is 12.7. The number of hydrogen-bond acceptors (Lipinski definition) is 4. The first-order valence-corrected chi connectivity index (χ1v) is 7.40. The Morgan fingerprint density at radius 3 is 2.67 bits per heavy atom. The van der Waals surface area contributed by atoms with Crippen LogP contribution in [0.15, 0.2) is 24.3 Å². The molecule has 21 heavy (non-hydrogen) atoms. The summed E-state index contributed by atoms with van der Waals surface area (Å²) in [5.41, 5.74) is 5.98. The number of ether oxygens (including phenoxy) is 2. The first-order chi connectivity index (χ1) is 10.1. The van der Waals surface area contributed by atoms with E-state index in [1.54, 1.807) is 19.1 Å². The number of amides is 1. The third-order valence-electron chi connectivity index (χ3n) is 4.02. The fraction of sp³-hybridized carbons (Fsp3) is 0.562. The lowest BCUT2D eigenvalue weighted by molar-refractivity contribution is -0.134. The molecule has 0 spiro atoms. The molecule has 1 fully saturated rings. The van der Waals surface area contributed by atoms with Crippen LogP contribution in [-0.2, 0) is 4.79 Å². The van der Waals surface area contributed by atoms with Crippen LogP contribution in [0.4, 0.5) is 0 Å². The fourth-order valence-corrected chi connectivity index (χ4v) is 2.72. The maximum atomic E-state index is 12.3. The summed E-state index contributed by atoms with van der Waals surface area (Å²) >= 11 is 0. The van der Waals surface area contributed by atoms with Gasteiger partial charge in [-0.25, -0.2) is 0 Å². The molecular weight excluding hydrogens is 268 g/mol. The van der Waals surface area contributed by atoms with Gasteiger partial charge in [0.2, 0.25) is 5.91 Å². The van der Waals surface area contributed by atoms with Crippen LogP contribution in [0.5, 0.6) is 11.5 Å². The van der Waals surface area contributed by atoms with Crippen molar-refractivity contribution in [1.82, 2.24) is 4.90 Å². The van der Waals surface area contributed by atoms with E-state index in [-0.39, 0.29) is 17.9 Å². The van der Waals surface area contributed by atoms with E-state index in [4.69, 9.17) is 15.2 Å². The second kappa shape index (κ2) is 7.31. The minimum Gasteiger partial charge on any atom is -0.493 e. The molecule has 2 atom stereocenters. The average molecular weight is 292 g/mol. The largest absolute Gasteiger partial charge is 0.493 e. The molecule has 5 heteroatoms. The first kappa shape index (κ1) is 15.6. The van der Waals surface area contributed by atoms with Crippen molar-refractivity contribution in [2.24, 2.45) is 11.7 Å². The van der Waals surface area contributed by atoms with Crippen molar-refractivity contribution in [2.45, 2.75) is 25.3 Å². The van der Waals surface area contributed by atoms with Crippen LogP contribution in [0, 0.1) is 5.92 Å². The number of hydrogen-bond donors (Lipinski definition) is 1. The molecule has 1 saturated carbocycles. The molecule has 0 unspecified atom stereocenters. The van der Waals surface area contributed by atoms with Gasteiger partial charge >= 0.3 is 0 Å². The Bertz CT molecular complexity index is 478. The lowest BCUT2D eigenvalue weighted by Gasteiger charge is -2.23. The number of para-hydroxylation sites is 2. The number of nitrogens with zero attached hydrogens (tertiary/aromatic N) is 1. The standard InChI is InChI=1S/C16H24N2O3/c1-18(16(19)12-6-5-7-13(12)17)10-11-21-15-9-4-3-8-14(15)20-2/h3-4,8-9,12-13H,5-7,10-11,17H2,1-2H3/t12-,13+/m0/s1. The van der Waals surface area contributed by atoms with Crippen LogP contribution >= 0.6 is 0 Å². The molecule has 0 bridgehead atoms. The summed E-state index contributed by atoms with van der Waals surface area (Å²) in [6.45, 7) is 0.977. The summed E-state index contributed by atoms with van der Waals surface area (Å²) in [4.78, 5) is 14.0. The molecule has 0 heterocycles. The number of carbonyl (C=O) groups is 1. The molecule has 1 amide bonds. The van der Waals surface area contributed by atoms with Crippen LogP contribution in [0.1, 0.15) is 19.3 Å². The second-order valence-corrected chi connectivity index (χ2v) is 5.46. The summed E-state index contributed by atoms with van der Waals surface area (Å²) in [6, 6.07) is 7.50. The Labute approximate surface area is 126 Å². The van der Waals surface area contributed by atoms with E-state index in [2.05, 4.69) is 0 Å². The van der Waals surface area contributed by atoms with Gasteiger partial charge in [0, 0.05) is 13.1 Å². The van der Waals surface area contributed by atoms with E-state index >= 15 is 0 Å². The van der Waals surface area contributed by atoms with Gasteiger partial charge < -0.3 is 20.1 Å². The maximum Gasteiger partial charge on any atom is 0.227 e. The zero-order valence-corrected chi connectivity index (χ0v) is 12.7. The van der Waals surface area contributed by atoms with Gasteiger partial charge in [0.15, 0.2) is 11.5 Å². The molecule has 0 aromatic heterocycles.